The molecular weight excluding hydrogens is 172 g/mol. The Hall–Kier alpha value is -1.55. The molecule has 11 heavy (non-hydrogen) atoms. The zero-order valence-electron chi connectivity index (χ0n) is 5.01. The Morgan fingerprint density at radius 1 is 1.27 bits per heavy atom. The molecule has 0 amide bonds. The average molecular weight is 174 g/mol. The standard InChI is InChI=1S/C3H2N4O3S/c4-11(10,7-2-9)3-6-5-1-8/h(H2,4,10). The van der Waals surface area contributed by atoms with Crippen LogP contribution in [0.2, 0.25) is 0 Å². The van der Waals surface area contributed by atoms with Crippen LogP contribution in [0.3, 0.4) is 0 Å². The molecule has 0 heterocycles. The van der Waals surface area contributed by atoms with E-state index in [2.05, 4.69) is 14.6 Å². The van der Waals surface area contributed by atoms with Crippen LogP contribution in [0.4, 0.5) is 0 Å². The first-order chi connectivity index (χ1) is 5.12. The summed E-state index contributed by atoms with van der Waals surface area (Å²) in [6, 6.07) is 0. The quantitative estimate of drug-likeness (QED) is 0.261. The molecule has 0 aliphatic carbocycles. The van der Waals surface area contributed by atoms with Gasteiger partial charge in [-0.1, -0.05) is 14.6 Å². The summed E-state index contributed by atoms with van der Waals surface area (Å²) in [7, 11) is -3.44. The third kappa shape index (κ3) is 4.92. The summed E-state index contributed by atoms with van der Waals surface area (Å²) >= 11 is 0. The van der Waals surface area contributed by atoms with E-state index < -0.39 is 9.88 Å². The molecule has 0 bridgehead atoms. The first kappa shape index (κ1) is 9.45. The molecular formula is C3H2N4O3S. The van der Waals surface area contributed by atoms with Crippen LogP contribution >= 0.6 is 0 Å². The Morgan fingerprint density at radius 3 is 2.36 bits per heavy atom. The Balaban J connectivity index is 5.11. The highest BCUT2D eigenvalue weighted by Gasteiger charge is 1.86. The molecule has 0 aliphatic heterocycles. The molecule has 0 spiro atoms. The van der Waals surface area contributed by atoms with Crippen molar-refractivity contribution >= 4 is 27.2 Å². The van der Waals surface area contributed by atoms with E-state index >= 15 is 0 Å². The normalized spacial score (nSPS) is 12.8. The van der Waals surface area contributed by atoms with Crippen LogP contribution in [0.15, 0.2) is 14.6 Å². The Labute approximate surface area is 61.6 Å². The van der Waals surface area contributed by atoms with Gasteiger partial charge in [-0.2, -0.15) is 0 Å². The van der Waals surface area contributed by atoms with Gasteiger partial charge in [0.15, 0.2) is 0 Å². The SMILES string of the molecule is N=S(O)(=C=NN=C=O)N=C=O. The van der Waals surface area contributed by atoms with E-state index in [9.17, 15) is 9.59 Å². The molecule has 0 radical (unpaired) electrons. The molecule has 7 nitrogen and oxygen atoms in total. The van der Waals surface area contributed by atoms with Gasteiger partial charge in [-0.15, -0.1) is 0 Å². The van der Waals surface area contributed by atoms with Crippen molar-refractivity contribution in [1.82, 2.24) is 0 Å². The van der Waals surface area contributed by atoms with E-state index in [1.165, 1.54) is 0 Å². The van der Waals surface area contributed by atoms with Gasteiger partial charge in [0.25, 0.3) is 6.08 Å². The largest absolute Gasteiger partial charge is 0.304 e. The van der Waals surface area contributed by atoms with Crippen molar-refractivity contribution < 1.29 is 14.1 Å². The van der Waals surface area contributed by atoms with E-state index in [4.69, 9.17) is 9.33 Å². The average Bonchev–Trinajstić information content (AvgIpc) is 1.87. The second kappa shape index (κ2) is 4.29. The van der Waals surface area contributed by atoms with Crippen LogP contribution in [-0.2, 0) is 19.5 Å². The molecule has 0 aromatic rings. The second-order valence-corrected chi connectivity index (χ2v) is 2.58. The first-order valence-electron chi connectivity index (χ1n) is 2.05. The van der Waals surface area contributed by atoms with Crippen molar-refractivity contribution in [2.24, 2.45) is 14.6 Å². The topological polar surface area (TPSA) is 115 Å². The number of nitrogens with one attached hydrogen (secondary N) is 1. The molecule has 58 valence electrons. The molecule has 0 saturated heterocycles. The summed E-state index contributed by atoms with van der Waals surface area (Å²) in [6.45, 7) is 0. The highest BCUT2D eigenvalue weighted by molar-refractivity contribution is 7.95. The van der Waals surface area contributed by atoms with Gasteiger partial charge in [0, 0.05) is 0 Å². The Morgan fingerprint density at radius 2 is 1.91 bits per heavy atom. The van der Waals surface area contributed by atoms with Crippen molar-refractivity contribution in [3.05, 3.63) is 0 Å². The Bertz CT molecular complexity index is 373. The second-order valence-electron chi connectivity index (χ2n) is 1.11. The maximum Gasteiger partial charge on any atom is 0.261 e. The number of hydrogen-bond acceptors (Lipinski definition) is 5. The first-order valence-corrected chi connectivity index (χ1v) is 3.60. The molecule has 0 aromatic carbocycles. The van der Waals surface area contributed by atoms with Gasteiger partial charge in [0.05, 0.1) is 0 Å². The lowest BCUT2D eigenvalue weighted by Crippen LogP contribution is -1.88. The van der Waals surface area contributed by atoms with Crippen LogP contribution < -0.4 is 0 Å². The van der Waals surface area contributed by atoms with Crippen LogP contribution in [0.25, 0.3) is 0 Å². The van der Waals surface area contributed by atoms with Crippen molar-refractivity contribution in [3.63, 3.8) is 0 Å². The Kier molecular flexibility index (Phi) is 3.69. The van der Waals surface area contributed by atoms with Crippen LogP contribution in [0.5, 0.6) is 0 Å². The number of carbonyl (C=O) groups excluding carboxylic acids is 2. The summed E-state index contributed by atoms with van der Waals surface area (Å²) in [5.74, 6) is 0. The van der Waals surface area contributed by atoms with Crippen molar-refractivity contribution in [2.45, 2.75) is 0 Å². The van der Waals surface area contributed by atoms with Crippen molar-refractivity contribution in [2.75, 3.05) is 0 Å². The third-order valence-corrected chi connectivity index (χ3v) is 1.10. The molecule has 0 saturated carbocycles. The van der Waals surface area contributed by atoms with Crippen LogP contribution in [0, 0.1) is 4.78 Å². The van der Waals surface area contributed by atoms with Crippen molar-refractivity contribution in [3.8, 4) is 0 Å². The monoisotopic (exact) mass is 174 g/mol. The minimum atomic E-state index is -3.44. The minimum absolute atomic E-state index is 0.947. The van der Waals surface area contributed by atoms with Gasteiger partial charge >= 0.3 is 0 Å². The van der Waals surface area contributed by atoms with Crippen LogP contribution in [0.1, 0.15) is 0 Å². The summed E-state index contributed by atoms with van der Waals surface area (Å²) in [4.78, 5) is 18.9. The summed E-state index contributed by atoms with van der Waals surface area (Å²) in [5, 5.41) is 6.99. The fourth-order valence-corrected chi connectivity index (χ4v) is 0.475. The maximum atomic E-state index is 9.51. The molecule has 0 aliphatic rings. The fourth-order valence-electron chi connectivity index (χ4n) is 0.172. The minimum Gasteiger partial charge on any atom is -0.304 e. The number of hydrogen-bond donors (Lipinski definition) is 2. The zero-order chi connectivity index (χ0) is 8.74. The van der Waals surface area contributed by atoms with E-state index in [0.717, 1.165) is 12.2 Å². The van der Waals surface area contributed by atoms with Gasteiger partial charge in [0.2, 0.25) is 6.08 Å². The lowest BCUT2D eigenvalue weighted by Gasteiger charge is -1.84. The van der Waals surface area contributed by atoms with E-state index in [-0.39, 0.29) is 0 Å². The molecule has 1 atom stereocenters. The lowest BCUT2D eigenvalue weighted by molar-refractivity contribution is 0.563. The molecule has 0 rings (SSSR count). The molecule has 0 aromatic heterocycles. The zero-order valence-corrected chi connectivity index (χ0v) is 5.83. The summed E-state index contributed by atoms with van der Waals surface area (Å²) in [5.41, 5.74) is 0. The fraction of sp³-hybridized carbons (Fsp3) is 0. The predicted octanol–water partition coefficient (Wildman–Crippen LogP) is -0.217. The van der Waals surface area contributed by atoms with Gasteiger partial charge in [-0.05, 0) is 0 Å². The van der Waals surface area contributed by atoms with E-state index in [0.29, 0.717) is 0 Å². The van der Waals surface area contributed by atoms with Gasteiger partial charge in [0.1, 0.15) is 15.0 Å². The van der Waals surface area contributed by atoms with Gasteiger partial charge in [-0.25, -0.2) is 14.4 Å². The number of nitrogens with zero attached hydrogens (tertiary/aromatic N) is 3. The number of rotatable bonds is 2. The molecule has 1 unspecified atom stereocenters. The predicted molar refractivity (Wildman–Crippen MR) is 36.4 cm³/mol. The van der Waals surface area contributed by atoms with E-state index in [1.807, 2.05) is 0 Å². The third-order valence-electron chi connectivity index (χ3n) is 0.428. The molecule has 2 N–H and O–H groups in total. The molecule has 0 fully saturated rings. The highest BCUT2D eigenvalue weighted by Crippen LogP contribution is 1.82. The molecule has 8 heteroatoms. The lowest BCUT2D eigenvalue weighted by atomic mass is 11.6. The van der Waals surface area contributed by atoms with Crippen molar-refractivity contribution in [1.29, 1.82) is 4.78 Å². The highest BCUT2D eigenvalue weighted by atomic mass is 32.2. The number of isothiocyanates is 1. The van der Waals surface area contributed by atoms with Gasteiger partial charge in [-0.3, -0.25) is 0 Å². The van der Waals surface area contributed by atoms with Gasteiger partial charge < -0.3 is 4.55 Å². The number of isocyanates is 2. The maximum absolute atomic E-state index is 9.51. The summed E-state index contributed by atoms with van der Waals surface area (Å²) in [6.07, 6.45) is 1.95. The van der Waals surface area contributed by atoms with Crippen LogP contribution in [-0.4, -0.2) is 21.9 Å². The summed E-state index contributed by atoms with van der Waals surface area (Å²) < 4.78 is 18.0. The van der Waals surface area contributed by atoms with E-state index in [1.54, 1.807) is 5.16 Å². The smallest absolute Gasteiger partial charge is 0.261 e.